The number of carbonyl (C=O) groups is 1. The topological polar surface area (TPSA) is 55.1 Å². The molecule has 1 amide bonds. The Labute approximate surface area is 121 Å². The van der Waals surface area contributed by atoms with E-state index in [9.17, 15) is 4.79 Å². The number of carbonyl (C=O) groups excluding carboxylic acids is 1. The molecule has 0 radical (unpaired) electrons. The number of anilines is 2. The summed E-state index contributed by atoms with van der Waals surface area (Å²) in [6, 6.07) is 13.4. The van der Waals surface area contributed by atoms with Crippen LogP contribution in [0.2, 0.25) is 0 Å². The summed E-state index contributed by atoms with van der Waals surface area (Å²) in [7, 11) is 0. The number of aryl methyl sites for hydroxylation is 1. The lowest BCUT2D eigenvalue weighted by Crippen LogP contribution is -2.12. The molecule has 4 heteroatoms. The number of nitrogens with two attached hydrogens (primary N) is 1. The third kappa shape index (κ3) is 2.26. The molecule has 0 aliphatic carbocycles. The van der Waals surface area contributed by atoms with Gasteiger partial charge in [0.25, 0.3) is 5.91 Å². The van der Waals surface area contributed by atoms with Crippen LogP contribution in [0.1, 0.15) is 15.9 Å². The van der Waals surface area contributed by atoms with Crippen molar-refractivity contribution in [2.45, 2.75) is 6.92 Å². The van der Waals surface area contributed by atoms with Gasteiger partial charge in [-0.3, -0.25) is 4.79 Å². The Hall–Kier alpha value is -2.33. The predicted octanol–water partition coefficient (Wildman–Crippen LogP) is 4.04. The smallest absolute Gasteiger partial charge is 0.257 e. The number of amides is 1. The normalized spacial score (nSPS) is 10.7. The summed E-state index contributed by atoms with van der Waals surface area (Å²) < 4.78 is 1.11. The van der Waals surface area contributed by atoms with Gasteiger partial charge in [0.05, 0.1) is 5.56 Å². The zero-order valence-corrected chi connectivity index (χ0v) is 11.8. The summed E-state index contributed by atoms with van der Waals surface area (Å²) in [5.41, 5.74) is 8.85. The number of rotatable bonds is 2. The molecule has 3 rings (SSSR count). The van der Waals surface area contributed by atoms with Crippen LogP contribution in [0, 0.1) is 6.92 Å². The molecule has 1 aromatic heterocycles. The zero-order chi connectivity index (χ0) is 14.1. The van der Waals surface area contributed by atoms with E-state index in [-0.39, 0.29) is 5.91 Å². The van der Waals surface area contributed by atoms with Gasteiger partial charge in [-0.1, -0.05) is 24.3 Å². The summed E-state index contributed by atoms with van der Waals surface area (Å²) in [6.45, 7) is 1.95. The summed E-state index contributed by atoms with van der Waals surface area (Å²) in [6.07, 6.45) is 0. The molecule has 0 aliphatic heterocycles. The second-order valence-corrected chi connectivity index (χ2v) is 5.59. The molecule has 100 valence electrons. The molecule has 0 atom stereocenters. The van der Waals surface area contributed by atoms with E-state index in [2.05, 4.69) is 5.32 Å². The first kappa shape index (κ1) is 12.7. The fourth-order valence-corrected chi connectivity index (χ4v) is 3.06. The van der Waals surface area contributed by atoms with Gasteiger partial charge in [0, 0.05) is 26.8 Å². The Morgan fingerprint density at radius 1 is 1.20 bits per heavy atom. The van der Waals surface area contributed by atoms with Crippen LogP contribution in [-0.2, 0) is 0 Å². The fraction of sp³-hybridized carbons (Fsp3) is 0.0625. The number of hydrogen-bond acceptors (Lipinski definition) is 3. The molecule has 0 unspecified atom stereocenters. The average Bonchev–Trinajstić information content (AvgIpc) is 2.87. The Balaban J connectivity index is 1.95. The summed E-state index contributed by atoms with van der Waals surface area (Å²) in [5.74, 6) is -0.101. The zero-order valence-electron chi connectivity index (χ0n) is 11.0. The van der Waals surface area contributed by atoms with Crippen molar-refractivity contribution >= 4 is 38.7 Å². The third-order valence-electron chi connectivity index (χ3n) is 3.24. The Kier molecular flexibility index (Phi) is 3.16. The molecule has 3 aromatic rings. The maximum atomic E-state index is 12.4. The lowest BCUT2D eigenvalue weighted by atomic mass is 10.1. The van der Waals surface area contributed by atoms with Crippen LogP contribution in [0.4, 0.5) is 11.4 Å². The van der Waals surface area contributed by atoms with Crippen LogP contribution in [0.5, 0.6) is 0 Å². The standard InChI is InChI=1S/C16H14N2OS/c1-10-6-7-11(17)8-14(10)18-16(19)13-9-20-15-5-3-2-4-12(13)15/h2-9H,17H2,1H3,(H,18,19). The van der Waals surface area contributed by atoms with Crippen molar-refractivity contribution in [3.05, 3.63) is 59.0 Å². The van der Waals surface area contributed by atoms with Crippen molar-refractivity contribution in [3.63, 3.8) is 0 Å². The minimum absolute atomic E-state index is 0.101. The van der Waals surface area contributed by atoms with E-state index in [0.29, 0.717) is 11.3 Å². The lowest BCUT2D eigenvalue weighted by molar-refractivity contribution is 0.102. The van der Waals surface area contributed by atoms with Gasteiger partial charge in [-0.15, -0.1) is 11.3 Å². The highest BCUT2D eigenvalue weighted by Gasteiger charge is 2.13. The fourth-order valence-electron chi connectivity index (χ4n) is 2.12. The second kappa shape index (κ2) is 4.98. The molecule has 20 heavy (non-hydrogen) atoms. The Bertz CT molecular complexity index is 792. The number of thiophene rings is 1. The molecular weight excluding hydrogens is 268 g/mol. The largest absolute Gasteiger partial charge is 0.399 e. The molecule has 1 heterocycles. The Morgan fingerprint density at radius 2 is 2.00 bits per heavy atom. The highest BCUT2D eigenvalue weighted by Crippen LogP contribution is 2.27. The van der Waals surface area contributed by atoms with Gasteiger partial charge >= 0.3 is 0 Å². The van der Waals surface area contributed by atoms with Crippen molar-refractivity contribution < 1.29 is 4.79 Å². The maximum absolute atomic E-state index is 12.4. The van der Waals surface area contributed by atoms with Crippen LogP contribution in [0.15, 0.2) is 47.8 Å². The first-order chi connectivity index (χ1) is 9.65. The number of nitrogens with one attached hydrogen (secondary N) is 1. The SMILES string of the molecule is Cc1ccc(N)cc1NC(=O)c1csc2ccccc12. The summed E-state index contributed by atoms with van der Waals surface area (Å²) in [5, 5.41) is 5.81. The average molecular weight is 282 g/mol. The summed E-state index contributed by atoms with van der Waals surface area (Å²) in [4.78, 5) is 12.4. The predicted molar refractivity (Wildman–Crippen MR) is 85.4 cm³/mol. The maximum Gasteiger partial charge on any atom is 0.257 e. The van der Waals surface area contributed by atoms with Gasteiger partial charge < -0.3 is 11.1 Å². The molecule has 0 saturated heterocycles. The first-order valence-electron chi connectivity index (χ1n) is 6.29. The van der Waals surface area contributed by atoms with Crippen LogP contribution in [0.3, 0.4) is 0 Å². The van der Waals surface area contributed by atoms with E-state index in [1.807, 2.05) is 48.7 Å². The minimum Gasteiger partial charge on any atom is -0.399 e. The monoisotopic (exact) mass is 282 g/mol. The summed E-state index contributed by atoms with van der Waals surface area (Å²) >= 11 is 1.57. The van der Waals surface area contributed by atoms with Gasteiger partial charge in [0.15, 0.2) is 0 Å². The highest BCUT2D eigenvalue weighted by atomic mass is 32.1. The molecule has 0 aliphatic rings. The third-order valence-corrected chi connectivity index (χ3v) is 4.20. The molecule has 0 saturated carbocycles. The van der Waals surface area contributed by atoms with Crippen molar-refractivity contribution in [2.75, 3.05) is 11.1 Å². The lowest BCUT2D eigenvalue weighted by Gasteiger charge is -2.08. The molecular formula is C16H14N2OS. The van der Waals surface area contributed by atoms with Crippen LogP contribution in [0.25, 0.3) is 10.1 Å². The van der Waals surface area contributed by atoms with Gasteiger partial charge in [-0.25, -0.2) is 0 Å². The van der Waals surface area contributed by atoms with E-state index in [0.717, 1.165) is 21.3 Å². The van der Waals surface area contributed by atoms with Crippen molar-refractivity contribution in [3.8, 4) is 0 Å². The molecule has 0 fully saturated rings. The molecule has 3 nitrogen and oxygen atoms in total. The molecule has 0 spiro atoms. The number of nitrogen functional groups attached to an aromatic ring is 1. The quantitative estimate of drug-likeness (QED) is 0.697. The Morgan fingerprint density at radius 3 is 2.85 bits per heavy atom. The number of benzene rings is 2. The van der Waals surface area contributed by atoms with Crippen LogP contribution < -0.4 is 11.1 Å². The van der Waals surface area contributed by atoms with Crippen LogP contribution >= 0.6 is 11.3 Å². The first-order valence-corrected chi connectivity index (χ1v) is 7.17. The molecule has 0 bridgehead atoms. The van der Waals surface area contributed by atoms with E-state index >= 15 is 0 Å². The van der Waals surface area contributed by atoms with Crippen LogP contribution in [-0.4, -0.2) is 5.91 Å². The molecule has 2 aromatic carbocycles. The second-order valence-electron chi connectivity index (χ2n) is 4.67. The van der Waals surface area contributed by atoms with Gasteiger partial charge in [-0.2, -0.15) is 0 Å². The number of fused-ring (bicyclic) bond motifs is 1. The van der Waals surface area contributed by atoms with Crippen molar-refractivity contribution in [1.29, 1.82) is 0 Å². The van der Waals surface area contributed by atoms with Gasteiger partial charge in [0.1, 0.15) is 0 Å². The highest BCUT2D eigenvalue weighted by molar-refractivity contribution is 7.17. The minimum atomic E-state index is -0.101. The van der Waals surface area contributed by atoms with Gasteiger partial charge in [-0.05, 0) is 30.7 Å². The van der Waals surface area contributed by atoms with E-state index in [4.69, 9.17) is 5.73 Å². The van der Waals surface area contributed by atoms with E-state index in [1.165, 1.54) is 0 Å². The number of hydrogen-bond donors (Lipinski definition) is 2. The van der Waals surface area contributed by atoms with E-state index in [1.54, 1.807) is 17.4 Å². The van der Waals surface area contributed by atoms with E-state index < -0.39 is 0 Å². The molecule has 3 N–H and O–H groups in total. The van der Waals surface area contributed by atoms with Crippen molar-refractivity contribution in [2.24, 2.45) is 0 Å². The van der Waals surface area contributed by atoms with Crippen molar-refractivity contribution in [1.82, 2.24) is 0 Å². The van der Waals surface area contributed by atoms with Gasteiger partial charge in [0.2, 0.25) is 0 Å².